The monoisotopic (exact) mass is 274 g/mol. The summed E-state index contributed by atoms with van der Waals surface area (Å²) in [6.45, 7) is 2.60. The predicted molar refractivity (Wildman–Crippen MR) is 79.0 cm³/mol. The smallest absolute Gasteiger partial charge is 0.255 e. The molecular weight excluding hydrogens is 252 g/mol. The normalized spacial score (nSPS) is 22.1. The van der Waals surface area contributed by atoms with Gasteiger partial charge in [-0.05, 0) is 43.2 Å². The van der Waals surface area contributed by atoms with Crippen LogP contribution in [0.1, 0.15) is 35.2 Å². The summed E-state index contributed by atoms with van der Waals surface area (Å²) in [6, 6.07) is 6.00. The van der Waals surface area contributed by atoms with E-state index in [0.717, 1.165) is 50.0 Å². The van der Waals surface area contributed by atoms with Crippen LogP contribution >= 0.6 is 0 Å². The number of para-hydroxylation sites is 1. The van der Waals surface area contributed by atoms with E-state index in [2.05, 4.69) is 11.4 Å². The number of amides is 1. The Labute approximate surface area is 119 Å². The summed E-state index contributed by atoms with van der Waals surface area (Å²) < 4.78 is 0. The van der Waals surface area contributed by atoms with Gasteiger partial charge in [-0.15, -0.1) is 0 Å². The van der Waals surface area contributed by atoms with Crippen molar-refractivity contribution < 1.29 is 9.90 Å². The number of piperidine rings is 1. The molecule has 0 spiro atoms. The number of fused-ring (bicyclic) bond motifs is 1. The first-order valence-electron chi connectivity index (χ1n) is 7.55. The van der Waals surface area contributed by atoms with E-state index in [4.69, 9.17) is 0 Å². The molecule has 108 valence electrons. The van der Waals surface area contributed by atoms with Gasteiger partial charge >= 0.3 is 0 Å². The van der Waals surface area contributed by atoms with Crippen LogP contribution in [-0.4, -0.2) is 42.2 Å². The molecule has 1 aromatic rings. The number of aryl methyl sites for hydroxylation is 1. The second kappa shape index (κ2) is 5.83. The number of nitrogens with zero attached hydrogens (tertiary/aromatic N) is 1. The van der Waals surface area contributed by atoms with E-state index >= 15 is 0 Å². The molecule has 2 heterocycles. The highest BCUT2D eigenvalue weighted by molar-refractivity contribution is 6.00. The molecule has 4 heteroatoms. The highest BCUT2D eigenvalue weighted by Gasteiger charge is 2.26. The first kappa shape index (κ1) is 13.4. The van der Waals surface area contributed by atoms with Gasteiger partial charge in [0.1, 0.15) is 0 Å². The van der Waals surface area contributed by atoms with Gasteiger partial charge in [-0.1, -0.05) is 12.1 Å². The van der Waals surface area contributed by atoms with E-state index in [1.807, 2.05) is 17.0 Å². The second-order valence-corrected chi connectivity index (χ2v) is 5.81. The van der Waals surface area contributed by atoms with Gasteiger partial charge in [0.2, 0.25) is 0 Å². The third-order valence-corrected chi connectivity index (χ3v) is 4.37. The van der Waals surface area contributed by atoms with Crippen LogP contribution in [0.2, 0.25) is 0 Å². The molecule has 0 saturated carbocycles. The van der Waals surface area contributed by atoms with E-state index in [1.54, 1.807) is 0 Å². The van der Waals surface area contributed by atoms with Crippen LogP contribution in [0.3, 0.4) is 0 Å². The number of rotatable bonds is 2. The standard InChI is InChI=1S/C16H22N2O2/c19-11-12-4-3-9-18(10-12)16(20)14-7-1-5-13-6-2-8-17-15(13)14/h1,5,7,12,17,19H,2-4,6,8-11H2. The molecule has 1 aromatic carbocycles. The molecule has 1 amide bonds. The summed E-state index contributed by atoms with van der Waals surface area (Å²) in [6.07, 6.45) is 4.18. The van der Waals surface area contributed by atoms with Gasteiger partial charge in [-0.2, -0.15) is 0 Å². The summed E-state index contributed by atoms with van der Waals surface area (Å²) in [5.74, 6) is 0.342. The Hall–Kier alpha value is -1.55. The van der Waals surface area contributed by atoms with Gasteiger partial charge in [0.15, 0.2) is 0 Å². The van der Waals surface area contributed by atoms with Crippen molar-refractivity contribution in [2.45, 2.75) is 25.7 Å². The number of hydrogen-bond acceptors (Lipinski definition) is 3. The molecule has 1 fully saturated rings. The third kappa shape index (κ3) is 2.52. The van der Waals surface area contributed by atoms with Crippen molar-refractivity contribution in [1.29, 1.82) is 0 Å². The Morgan fingerprint density at radius 2 is 2.30 bits per heavy atom. The summed E-state index contributed by atoms with van der Waals surface area (Å²) in [7, 11) is 0. The molecule has 4 nitrogen and oxygen atoms in total. The molecule has 0 aliphatic carbocycles. The summed E-state index contributed by atoms with van der Waals surface area (Å²) in [5, 5.41) is 12.7. The first-order chi connectivity index (χ1) is 9.79. The van der Waals surface area contributed by atoms with Crippen molar-refractivity contribution in [3.05, 3.63) is 29.3 Å². The molecule has 2 N–H and O–H groups in total. The number of anilines is 1. The van der Waals surface area contributed by atoms with Gasteiger partial charge in [0.25, 0.3) is 5.91 Å². The Bertz CT molecular complexity index is 501. The van der Waals surface area contributed by atoms with Crippen LogP contribution in [-0.2, 0) is 6.42 Å². The predicted octanol–water partition coefficient (Wildman–Crippen LogP) is 1.89. The van der Waals surface area contributed by atoms with Crippen LogP contribution in [0.4, 0.5) is 5.69 Å². The van der Waals surface area contributed by atoms with Gasteiger partial charge in [-0.3, -0.25) is 4.79 Å². The largest absolute Gasteiger partial charge is 0.396 e. The lowest BCUT2D eigenvalue weighted by Crippen LogP contribution is -2.41. The van der Waals surface area contributed by atoms with Crippen LogP contribution in [0.25, 0.3) is 0 Å². The number of hydrogen-bond donors (Lipinski definition) is 2. The molecule has 2 aliphatic rings. The highest BCUT2D eigenvalue weighted by Crippen LogP contribution is 2.28. The number of carbonyl (C=O) groups is 1. The summed E-state index contributed by atoms with van der Waals surface area (Å²) in [4.78, 5) is 14.6. The van der Waals surface area contributed by atoms with Crippen molar-refractivity contribution in [2.75, 3.05) is 31.6 Å². The van der Waals surface area contributed by atoms with Crippen LogP contribution in [0.15, 0.2) is 18.2 Å². The van der Waals surface area contributed by atoms with Crippen LogP contribution < -0.4 is 5.32 Å². The minimum Gasteiger partial charge on any atom is -0.396 e. The highest BCUT2D eigenvalue weighted by atomic mass is 16.3. The molecular formula is C16H22N2O2. The lowest BCUT2D eigenvalue weighted by atomic mass is 9.96. The second-order valence-electron chi connectivity index (χ2n) is 5.81. The van der Waals surface area contributed by atoms with E-state index < -0.39 is 0 Å². The van der Waals surface area contributed by atoms with Gasteiger partial charge in [-0.25, -0.2) is 0 Å². The fraction of sp³-hybridized carbons (Fsp3) is 0.562. The molecule has 0 radical (unpaired) electrons. The van der Waals surface area contributed by atoms with Crippen molar-refractivity contribution in [2.24, 2.45) is 5.92 Å². The number of benzene rings is 1. The number of carbonyl (C=O) groups excluding carboxylic acids is 1. The van der Waals surface area contributed by atoms with Gasteiger partial charge < -0.3 is 15.3 Å². The lowest BCUT2D eigenvalue weighted by molar-refractivity contribution is 0.0621. The maximum absolute atomic E-state index is 12.7. The minimum atomic E-state index is 0.106. The number of aliphatic hydroxyl groups is 1. The number of nitrogens with one attached hydrogen (secondary N) is 1. The first-order valence-corrected chi connectivity index (χ1v) is 7.55. The van der Waals surface area contributed by atoms with Crippen LogP contribution in [0, 0.1) is 5.92 Å². The average Bonchev–Trinajstić information content (AvgIpc) is 2.53. The summed E-state index contributed by atoms with van der Waals surface area (Å²) >= 11 is 0. The average molecular weight is 274 g/mol. The molecule has 0 aromatic heterocycles. The lowest BCUT2D eigenvalue weighted by Gasteiger charge is -2.33. The van der Waals surface area contributed by atoms with Crippen molar-refractivity contribution in [3.63, 3.8) is 0 Å². The molecule has 1 unspecified atom stereocenters. The van der Waals surface area contributed by atoms with Gasteiger partial charge in [0, 0.05) is 26.2 Å². The fourth-order valence-electron chi connectivity index (χ4n) is 3.26. The third-order valence-electron chi connectivity index (χ3n) is 4.37. The van der Waals surface area contributed by atoms with E-state index in [0.29, 0.717) is 6.54 Å². The maximum Gasteiger partial charge on any atom is 0.255 e. The van der Waals surface area contributed by atoms with Gasteiger partial charge in [0.05, 0.1) is 11.3 Å². The zero-order valence-corrected chi connectivity index (χ0v) is 11.8. The van der Waals surface area contributed by atoms with Crippen molar-refractivity contribution >= 4 is 11.6 Å². The topological polar surface area (TPSA) is 52.6 Å². The maximum atomic E-state index is 12.7. The Kier molecular flexibility index (Phi) is 3.92. The van der Waals surface area contributed by atoms with E-state index in [-0.39, 0.29) is 18.4 Å². The molecule has 1 saturated heterocycles. The fourth-order valence-corrected chi connectivity index (χ4v) is 3.26. The zero-order chi connectivity index (χ0) is 13.9. The Morgan fingerprint density at radius 1 is 1.40 bits per heavy atom. The molecule has 3 rings (SSSR count). The summed E-state index contributed by atoms with van der Waals surface area (Å²) in [5.41, 5.74) is 3.06. The zero-order valence-electron chi connectivity index (χ0n) is 11.8. The van der Waals surface area contributed by atoms with E-state index in [9.17, 15) is 9.90 Å². The molecule has 1 atom stereocenters. The number of aliphatic hydroxyl groups excluding tert-OH is 1. The SMILES string of the molecule is O=C(c1cccc2c1NCCC2)N1CCCC(CO)C1. The Morgan fingerprint density at radius 3 is 3.15 bits per heavy atom. The van der Waals surface area contributed by atoms with Crippen LogP contribution in [0.5, 0.6) is 0 Å². The minimum absolute atomic E-state index is 0.106. The Balaban J connectivity index is 1.83. The molecule has 20 heavy (non-hydrogen) atoms. The van der Waals surface area contributed by atoms with E-state index in [1.165, 1.54) is 5.56 Å². The van der Waals surface area contributed by atoms with Crippen molar-refractivity contribution in [1.82, 2.24) is 4.90 Å². The molecule has 2 aliphatic heterocycles. The number of likely N-dealkylation sites (tertiary alicyclic amines) is 1. The quantitative estimate of drug-likeness (QED) is 0.866. The van der Waals surface area contributed by atoms with Crippen molar-refractivity contribution in [3.8, 4) is 0 Å². The molecule has 0 bridgehead atoms.